The van der Waals surface area contributed by atoms with Gasteiger partial charge in [0.1, 0.15) is 0 Å². The molecule has 4 nitrogen and oxygen atoms in total. The molecule has 0 heterocycles. The Kier molecular flexibility index (Phi) is 6.78. The molecule has 1 atom stereocenters. The second-order valence-corrected chi connectivity index (χ2v) is 5.42. The van der Waals surface area contributed by atoms with Crippen molar-refractivity contribution in [3.63, 3.8) is 0 Å². The third-order valence-electron chi connectivity index (χ3n) is 3.76. The van der Waals surface area contributed by atoms with Gasteiger partial charge in [0.15, 0.2) is 0 Å². The van der Waals surface area contributed by atoms with E-state index in [1.54, 1.807) is 0 Å². The summed E-state index contributed by atoms with van der Waals surface area (Å²) in [5, 5.41) is 13.0. The molecule has 2 rings (SSSR count). The minimum atomic E-state index is -0.264. The number of rotatable bonds is 8. The molecule has 2 aromatic rings. The summed E-state index contributed by atoms with van der Waals surface area (Å²) in [6.07, 6.45) is 1.14. The molecule has 0 amide bonds. The van der Waals surface area contributed by atoms with E-state index in [1.807, 2.05) is 42.5 Å². The van der Waals surface area contributed by atoms with Crippen LogP contribution in [0.15, 0.2) is 54.6 Å². The fourth-order valence-corrected chi connectivity index (χ4v) is 2.48. The van der Waals surface area contributed by atoms with E-state index in [0.29, 0.717) is 0 Å². The van der Waals surface area contributed by atoms with Gasteiger partial charge in [-0.3, -0.25) is 4.79 Å². The predicted octanol–water partition coefficient (Wildman–Crippen LogP) is 2.27. The summed E-state index contributed by atoms with van der Waals surface area (Å²) in [7, 11) is 1.38. The quantitative estimate of drug-likeness (QED) is 0.734. The Bertz CT molecular complexity index is 613. The summed E-state index contributed by atoms with van der Waals surface area (Å²) in [4.78, 5) is 11.4. The van der Waals surface area contributed by atoms with Crippen molar-refractivity contribution in [3.05, 3.63) is 71.3 Å². The molecule has 0 aliphatic carbocycles. The molecule has 0 saturated carbocycles. The van der Waals surface area contributed by atoms with Crippen molar-refractivity contribution in [1.82, 2.24) is 5.32 Å². The fourth-order valence-electron chi connectivity index (χ4n) is 2.48. The summed E-state index contributed by atoms with van der Waals surface area (Å²) in [6.45, 7) is 0.785. The molecule has 122 valence electrons. The number of carbonyl (C=O) groups is 1. The largest absolute Gasteiger partial charge is 0.469 e. The zero-order chi connectivity index (χ0) is 16.5. The van der Waals surface area contributed by atoms with Gasteiger partial charge < -0.3 is 15.2 Å². The first-order valence-corrected chi connectivity index (χ1v) is 7.76. The number of carbonyl (C=O) groups excluding carboxylic acids is 1. The zero-order valence-electron chi connectivity index (χ0n) is 13.4. The van der Waals surface area contributed by atoms with Crippen LogP contribution in [0, 0.1) is 0 Å². The molecule has 4 heteroatoms. The third-order valence-corrected chi connectivity index (χ3v) is 3.76. The van der Waals surface area contributed by atoms with Crippen LogP contribution in [0.5, 0.6) is 0 Å². The molecule has 1 unspecified atom stereocenters. The Morgan fingerprint density at radius 1 is 1.13 bits per heavy atom. The Labute approximate surface area is 137 Å². The molecule has 2 aromatic carbocycles. The van der Waals surface area contributed by atoms with Crippen molar-refractivity contribution in [2.75, 3.05) is 20.3 Å². The molecule has 0 spiro atoms. The van der Waals surface area contributed by atoms with Gasteiger partial charge in [-0.2, -0.15) is 0 Å². The van der Waals surface area contributed by atoms with Crippen molar-refractivity contribution < 1.29 is 14.6 Å². The normalized spacial score (nSPS) is 11.9. The van der Waals surface area contributed by atoms with Gasteiger partial charge in [-0.25, -0.2) is 0 Å². The number of nitrogens with one attached hydrogen (secondary N) is 1. The number of ether oxygens (including phenoxy) is 1. The summed E-state index contributed by atoms with van der Waals surface area (Å²) in [6, 6.07) is 17.8. The number of esters is 1. The first kappa shape index (κ1) is 17.2. The molecular formula is C19H23NO3. The lowest BCUT2D eigenvalue weighted by Gasteiger charge is -2.17. The van der Waals surface area contributed by atoms with Crippen LogP contribution in [0.25, 0.3) is 0 Å². The van der Waals surface area contributed by atoms with Gasteiger partial charge in [0.05, 0.1) is 26.2 Å². The van der Waals surface area contributed by atoms with E-state index in [-0.39, 0.29) is 25.0 Å². The Balaban J connectivity index is 1.94. The Hall–Kier alpha value is -2.17. The number of aliphatic hydroxyl groups is 1. The minimum absolute atomic E-state index is 0.0104. The molecule has 0 aliphatic rings. The van der Waals surface area contributed by atoms with E-state index in [9.17, 15) is 9.90 Å². The monoisotopic (exact) mass is 313 g/mol. The summed E-state index contributed by atoms with van der Waals surface area (Å²) in [5.41, 5.74) is 3.12. The van der Waals surface area contributed by atoms with Crippen LogP contribution >= 0.6 is 0 Å². The Morgan fingerprint density at radius 3 is 2.57 bits per heavy atom. The highest BCUT2D eigenvalue weighted by Gasteiger charge is 2.11. The molecule has 0 aromatic heterocycles. The molecule has 2 N–H and O–H groups in total. The number of methoxy groups -OCH3 is 1. The van der Waals surface area contributed by atoms with Gasteiger partial charge in [-0.15, -0.1) is 0 Å². The molecule has 0 aliphatic heterocycles. The fraction of sp³-hybridized carbons (Fsp3) is 0.316. The molecular weight excluding hydrogens is 290 g/mol. The summed E-state index contributed by atoms with van der Waals surface area (Å²) in [5.74, 6) is -0.264. The number of aliphatic hydroxyl groups excluding tert-OH is 1. The second kappa shape index (κ2) is 9.08. The van der Waals surface area contributed by atoms with Crippen molar-refractivity contribution in [2.45, 2.75) is 18.9 Å². The highest BCUT2D eigenvalue weighted by atomic mass is 16.5. The maximum Gasteiger partial charge on any atom is 0.309 e. The second-order valence-electron chi connectivity index (χ2n) is 5.42. The first-order valence-electron chi connectivity index (χ1n) is 7.76. The summed E-state index contributed by atoms with van der Waals surface area (Å²) >= 11 is 0. The van der Waals surface area contributed by atoms with Crippen LogP contribution in [-0.2, 0) is 22.4 Å². The molecule has 23 heavy (non-hydrogen) atoms. The van der Waals surface area contributed by atoms with Gasteiger partial charge >= 0.3 is 5.97 Å². The Morgan fingerprint density at radius 2 is 1.87 bits per heavy atom. The topological polar surface area (TPSA) is 58.6 Å². The standard InChI is InChI=1S/C19H23NO3/c1-23-19(22)13-16-8-5-9-17(12-16)18(14-21)20-11-10-15-6-3-2-4-7-15/h2-9,12,18,20-21H,10-11,13-14H2,1H3. The third kappa shape index (κ3) is 5.51. The predicted molar refractivity (Wildman–Crippen MR) is 90.1 cm³/mol. The molecule has 0 fully saturated rings. The number of hydrogen-bond donors (Lipinski definition) is 2. The van der Waals surface area contributed by atoms with E-state index >= 15 is 0 Å². The highest BCUT2D eigenvalue weighted by molar-refractivity contribution is 5.72. The number of benzene rings is 2. The van der Waals surface area contributed by atoms with Crippen molar-refractivity contribution in [2.24, 2.45) is 0 Å². The van der Waals surface area contributed by atoms with Crippen molar-refractivity contribution >= 4 is 5.97 Å². The van der Waals surface area contributed by atoms with E-state index in [2.05, 4.69) is 17.4 Å². The lowest BCUT2D eigenvalue weighted by molar-refractivity contribution is -0.139. The maximum atomic E-state index is 11.4. The van der Waals surface area contributed by atoms with Gasteiger partial charge in [-0.05, 0) is 29.7 Å². The van der Waals surface area contributed by atoms with Crippen LogP contribution in [-0.4, -0.2) is 31.3 Å². The highest BCUT2D eigenvalue weighted by Crippen LogP contribution is 2.15. The molecule has 0 bridgehead atoms. The smallest absolute Gasteiger partial charge is 0.309 e. The van der Waals surface area contributed by atoms with Crippen molar-refractivity contribution in [3.8, 4) is 0 Å². The van der Waals surface area contributed by atoms with Gasteiger partial charge in [-0.1, -0.05) is 54.6 Å². The van der Waals surface area contributed by atoms with Crippen LogP contribution < -0.4 is 5.32 Å². The lowest BCUT2D eigenvalue weighted by Crippen LogP contribution is -2.26. The van der Waals surface area contributed by atoms with Crippen LogP contribution in [0.4, 0.5) is 0 Å². The SMILES string of the molecule is COC(=O)Cc1cccc(C(CO)NCCc2ccccc2)c1. The van der Waals surface area contributed by atoms with Crippen LogP contribution in [0.2, 0.25) is 0 Å². The zero-order valence-corrected chi connectivity index (χ0v) is 13.4. The average Bonchev–Trinajstić information content (AvgIpc) is 2.60. The van der Waals surface area contributed by atoms with Gasteiger partial charge in [0.2, 0.25) is 0 Å². The van der Waals surface area contributed by atoms with E-state index in [0.717, 1.165) is 24.1 Å². The van der Waals surface area contributed by atoms with Gasteiger partial charge in [0.25, 0.3) is 0 Å². The lowest BCUT2D eigenvalue weighted by atomic mass is 10.0. The summed E-state index contributed by atoms with van der Waals surface area (Å²) < 4.78 is 4.69. The maximum absolute atomic E-state index is 11.4. The van der Waals surface area contributed by atoms with Crippen LogP contribution in [0.3, 0.4) is 0 Å². The molecule has 0 saturated heterocycles. The van der Waals surface area contributed by atoms with Gasteiger partial charge in [0, 0.05) is 0 Å². The van der Waals surface area contributed by atoms with E-state index in [1.165, 1.54) is 12.7 Å². The molecule has 0 radical (unpaired) electrons. The van der Waals surface area contributed by atoms with Crippen molar-refractivity contribution in [1.29, 1.82) is 0 Å². The van der Waals surface area contributed by atoms with E-state index < -0.39 is 0 Å². The van der Waals surface area contributed by atoms with Crippen LogP contribution in [0.1, 0.15) is 22.7 Å². The minimum Gasteiger partial charge on any atom is -0.469 e. The first-order chi connectivity index (χ1) is 11.2. The average molecular weight is 313 g/mol. The van der Waals surface area contributed by atoms with E-state index in [4.69, 9.17) is 4.74 Å². The number of hydrogen-bond acceptors (Lipinski definition) is 4.